The number of esters is 1. The van der Waals surface area contributed by atoms with Crippen molar-refractivity contribution in [1.29, 1.82) is 0 Å². The minimum absolute atomic E-state index is 0.0758. The lowest BCUT2D eigenvalue weighted by Gasteiger charge is -2.15. The molecular formula is C48H88NO8P. The van der Waals surface area contributed by atoms with Gasteiger partial charge in [0.25, 0.3) is 0 Å². The number of aliphatic hydroxyl groups is 1. The van der Waals surface area contributed by atoms with Gasteiger partial charge in [-0.15, -0.1) is 0 Å². The minimum atomic E-state index is -4.42. The van der Waals surface area contributed by atoms with Gasteiger partial charge < -0.3 is 20.1 Å². The monoisotopic (exact) mass is 838 g/mol. The molecule has 0 rings (SSSR count). The Bertz CT molecular complexity index is 1090. The molecule has 10 heteroatoms. The maximum Gasteiger partial charge on any atom is 0.472 e. The highest BCUT2D eigenvalue weighted by Crippen LogP contribution is 2.42. The van der Waals surface area contributed by atoms with Gasteiger partial charge in [0.1, 0.15) is 12.7 Å². The van der Waals surface area contributed by atoms with E-state index < -0.39 is 26.5 Å². The van der Waals surface area contributed by atoms with E-state index in [1.54, 1.807) is 0 Å². The maximum absolute atomic E-state index is 12.1. The molecule has 0 bridgehead atoms. The van der Waals surface area contributed by atoms with E-state index in [0.717, 1.165) is 77.0 Å². The topological polar surface area (TPSA) is 131 Å². The van der Waals surface area contributed by atoms with Crippen molar-refractivity contribution < 1.29 is 37.9 Å². The molecule has 1 amide bonds. The Kier molecular flexibility index (Phi) is 43.0. The van der Waals surface area contributed by atoms with E-state index in [-0.39, 0.29) is 32.1 Å². The predicted molar refractivity (Wildman–Crippen MR) is 243 cm³/mol. The predicted octanol–water partition coefficient (Wildman–Crippen LogP) is 13.5. The number of carbonyl (C=O) groups excluding carboxylic acids is 2. The number of rotatable bonds is 44. The third-order valence-electron chi connectivity index (χ3n) is 9.98. The van der Waals surface area contributed by atoms with Crippen LogP contribution in [-0.4, -0.2) is 54.3 Å². The van der Waals surface area contributed by atoms with Crippen LogP contribution in [0.5, 0.6) is 0 Å². The van der Waals surface area contributed by atoms with Crippen LogP contribution >= 0.6 is 7.82 Å². The normalized spacial score (nSPS) is 13.7. The summed E-state index contributed by atoms with van der Waals surface area (Å²) in [5.74, 6) is -0.530. The molecule has 9 nitrogen and oxygen atoms in total. The molecule has 0 spiro atoms. The van der Waals surface area contributed by atoms with Gasteiger partial charge in [-0.25, -0.2) is 4.57 Å². The van der Waals surface area contributed by atoms with Crippen molar-refractivity contribution in [2.45, 2.75) is 219 Å². The van der Waals surface area contributed by atoms with E-state index in [0.29, 0.717) is 6.42 Å². The highest BCUT2D eigenvalue weighted by Gasteiger charge is 2.23. The molecule has 2 atom stereocenters. The highest BCUT2D eigenvalue weighted by molar-refractivity contribution is 7.47. The van der Waals surface area contributed by atoms with Crippen LogP contribution in [0.3, 0.4) is 0 Å². The lowest BCUT2D eigenvalue weighted by atomic mass is 10.1. The Morgan fingerprint density at radius 3 is 1.45 bits per heavy atom. The van der Waals surface area contributed by atoms with Crippen LogP contribution in [-0.2, 0) is 27.9 Å². The summed E-state index contributed by atoms with van der Waals surface area (Å²) in [6.45, 7) is 3.52. The number of ether oxygens (including phenoxy) is 1. The van der Waals surface area contributed by atoms with Gasteiger partial charge in [0.2, 0.25) is 5.91 Å². The molecule has 0 aromatic rings. The van der Waals surface area contributed by atoms with Crippen LogP contribution in [0, 0.1) is 0 Å². The third kappa shape index (κ3) is 45.1. The zero-order valence-corrected chi connectivity index (χ0v) is 38.1. The summed E-state index contributed by atoms with van der Waals surface area (Å²) in [6.07, 6.45) is 51.8. The Hall–Kier alpha value is -2.03. The fourth-order valence-corrected chi connectivity index (χ4v) is 7.14. The SMILES string of the molecule is CCCCC/C=C\C/C=C\C/C=C\CCCCCCCCCCC(=O)OCC(O)COP(=O)(O)OCCNC(=O)CCCCCCC/C=C\CCCCCCCCC. The number of phosphoric acid groups is 1. The molecule has 0 heterocycles. The molecule has 3 N–H and O–H groups in total. The van der Waals surface area contributed by atoms with Crippen LogP contribution in [0.25, 0.3) is 0 Å². The fraction of sp³-hybridized carbons (Fsp3) is 0.792. The maximum atomic E-state index is 12.1. The average molecular weight is 838 g/mol. The average Bonchev–Trinajstić information content (AvgIpc) is 3.21. The first-order valence-corrected chi connectivity index (χ1v) is 25.1. The van der Waals surface area contributed by atoms with Gasteiger partial charge >= 0.3 is 13.8 Å². The van der Waals surface area contributed by atoms with E-state index in [9.17, 15) is 24.2 Å². The van der Waals surface area contributed by atoms with Gasteiger partial charge in [0, 0.05) is 19.4 Å². The van der Waals surface area contributed by atoms with E-state index in [4.69, 9.17) is 13.8 Å². The standard InChI is InChI=1S/C48H88NO8P/c1-3-5-7-9-11-13-15-17-19-21-22-23-24-25-27-29-31-33-35-37-39-41-48(52)55-44-46(50)45-57-58(53,54)56-43-42-49-47(51)40-38-36-34-32-30-28-26-20-18-16-14-12-10-8-6-4-2/h11,13,17,19-20,22-23,26,46,50H,3-10,12,14-16,18,21,24-25,27-45H2,1-2H3,(H,49,51)(H,53,54)/b13-11-,19-17-,23-22-,26-20-. The molecule has 0 aliphatic carbocycles. The Morgan fingerprint density at radius 2 is 0.931 bits per heavy atom. The van der Waals surface area contributed by atoms with Gasteiger partial charge in [0.05, 0.1) is 13.2 Å². The van der Waals surface area contributed by atoms with E-state index in [1.807, 2.05) is 0 Å². The molecule has 58 heavy (non-hydrogen) atoms. The Morgan fingerprint density at radius 1 is 0.534 bits per heavy atom. The molecule has 0 aliphatic heterocycles. The molecule has 0 aliphatic rings. The molecule has 0 saturated heterocycles. The largest absolute Gasteiger partial charge is 0.472 e. The van der Waals surface area contributed by atoms with Crippen LogP contribution in [0.4, 0.5) is 0 Å². The van der Waals surface area contributed by atoms with E-state index in [1.165, 1.54) is 109 Å². The smallest absolute Gasteiger partial charge is 0.463 e. The van der Waals surface area contributed by atoms with Crippen molar-refractivity contribution in [3.8, 4) is 0 Å². The van der Waals surface area contributed by atoms with Crippen molar-refractivity contribution in [2.75, 3.05) is 26.4 Å². The summed E-state index contributed by atoms with van der Waals surface area (Å²) < 4.78 is 26.9. The zero-order valence-electron chi connectivity index (χ0n) is 37.2. The summed E-state index contributed by atoms with van der Waals surface area (Å²) in [5, 5.41) is 12.7. The number of hydrogen-bond donors (Lipinski definition) is 3. The second kappa shape index (κ2) is 44.5. The minimum Gasteiger partial charge on any atom is -0.463 e. The fourth-order valence-electron chi connectivity index (χ4n) is 6.38. The second-order valence-corrected chi connectivity index (χ2v) is 17.2. The van der Waals surface area contributed by atoms with Crippen molar-refractivity contribution in [3.05, 3.63) is 48.6 Å². The van der Waals surface area contributed by atoms with Gasteiger partial charge in [0.15, 0.2) is 0 Å². The molecule has 0 radical (unpaired) electrons. The molecule has 0 aromatic carbocycles. The first-order chi connectivity index (χ1) is 28.3. The molecular weight excluding hydrogens is 750 g/mol. The highest BCUT2D eigenvalue weighted by atomic mass is 31.2. The van der Waals surface area contributed by atoms with Crippen molar-refractivity contribution in [1.82, 2.24) is 5.32 Å². The molecule has 0 aromatic heterocycles. The lowest BCUT2D eigenvalue weighted by molar-refractivity contribution is -0.147. The Balaban J connectivity index is 3.61. The van der Waals surface area contributed by atoms with Gasteiger partial charge in [-0.1, -0.05) is 172 Å². The molecule has 0 fully saturated rings. The Labute approximate surface area is 355 Å². The quantitative estimate of drug-likeness (QED) is 0.0239. The number of phosphoric ester groups is 1. The van der Waals surface area contributed by atoms with E-state index in [2.05, 4.69) is 67.8 Å². The lowest BCUT2D eigenvalue weighted by Crippen LogP contribution is -2.27. The number of hydrogen-bond acceptors (Lipinski definition) is 7. The first kappa shape index (κ1) is 56.0. The zero-order chi connectivity index (χ0) is 42.5. The van der Waals surface area contributed by atoms with Gasteiger partial charge in [-0.2, -0.15) is 0 Å². The second-order valence-electron chi connectivity index (χ2n) is 15.7. The summed E-state index contributed by atoms with van der Waals surface area (Å²) in [7, 11) is -4.42. The molecule has 338 valence electrons. The number of allylic oxidation sites excluding steroid dienone is 8. The van der Waals surface area contributed by atoms with Crippen LogP contribution in [0.1, 0.15) is 213 Å². The summed E-state index contributed by atoms with van der Waals surface area (Å²) in [6, 6.07) is 0. The summed E-state index contributed by atoms with van der Waals surface area (Å²) >= 11 is 0. The molecule has 2 unspecified atom stereocenters. The van der Waals surface area contributed by atoms with Crippen molar-refractivity contribution >= 4 is 19.7 Å². The first-order valence-electron chi connectivity index (χ1n) is 23.6. The van der Waals surface area contributed by atoms with Gasteiger partial charge in [-0.05, 0) is 77.0 Å². The number of carbonyl (C=O) groups is 2. The number of aliphatic hydroxyl groups excluding tert-OH is 1. The van der Waals surface area contributed by atoms with Crippen LogP contribution < -0.4 is 5.32 Å². The van der Waals surface area contributed by atoms with Crippen LogP contribution in [0.15, 0.2) is 48.6 Å². The van der Waals surface area contributed by atoms with Crippen molar-refractivity contribution in [2.24, 2.45) is 0 Å². The number of amides is 1. The molecule has 0 saturated carbocycles. The van der Waals surface area contributed by atoms with Crippen LogP contribution in [0.2, 0.25) is 0 Å². The van der Waals surface area contributed by atoms with E-state index >= 15 is 0 Å². The van der Waals surface area contributed by atoms with Crippen molar-refractivity contribution in [3.63, 3.8) is 0 Å². The third-order valence-corrected chi connectivity index (χ3v) is 11.0. The number of unbranched alkanes of at least 4 members (excludes halogenated alkanes) is 23. The van der Waals surface area contributed by atoms with Gasteiger partial charge in [-0.3, -0.25) is 18.6 Å². The number of nitrogens with one attached hydrogen (secondary N) is 1. The summed E-state index contributed by atoms with van der Waals surface area (Å²) in [4.78, 5) is 34.0. The summed E-state index contributed by atoms with van der Waals surface area (Å²) in [5.41, 5.74) is 0.